The number of hydrogen-bond acceptors (Lipinski definition) is 2. The highest BCUT2D eigenvalue weighted by atomic mass is 32.2. The molecule has 4 aromatic rings. The summed E-state index contributed by atoms with van der Waals surface area (Å²) in [5, 5.41) is 3.81. The van der Waals surface area contributed by atoms with Crippen LogP contribution in [0.1, 0.15) is 5.56 Å². The minimum atomic E-state index is -0.344. The molecular weight excluding hydrogens is 390 g/mol. The number of anilines is 1. The highest BCUT2D eigenvalue weighted by molar-refractivity contribution is 8.00. The zero-order chi connectivity index (χ0) is 20.2. The molecule has 3 aromatic carbocycles. The van der Waals surface area contributed by atoms with Crippen molar-refractivity contribution < 1.29 is 13.6 Å². The molecule has 146 valence electrons. The molecule has 29 heavy (non-hydrogen) atoms. The molecule has 1 heterocycles. The van der Waals surface area contributed by atoms with Crippen LogP contribution in [0.15, 0.2) is 83.9 Å². The number of amides is 1. The Morgan fingerprint density at radius 3 is 2.52 bits per heavy atom. The van der Waals surface area contributed by atoms with Gasteiger partial charge in [-0.3, -0.25) is 4.79 Å². The number of fused-ring (bicyclic) bond motifs is 1. The molecule has 0 unspecified atom stereocenters. The van der Waals surface area contributed by atoms with Crippen molar-refractivity contribution in [3.05, 3.63) is 96.2 Å². The number of halogens is 2. The molecule has 0 fully saturated rings. The van der Waals surface area contributed by atoms with Gasteiger partial charge in [-0.1, -0.05) is 30.3 Å². The van der Waals surface area contributed by atoms with Crippen LogP contribution >= 0.6 is 11.8 Å². The fourth-order valence-corrected chi connectivity index (χ4v) is 4.05. The molecule has 1 aromatic heterocycles. The Kier molecular flexibility index (Phi) is 5.62. The van der Waals surface area contributed by atoms with Crippen LogP contribution in [-0.2, 0) is 11.3 Å². The standard InChI is InChI=1S/C23H18F2N2OS/c24-17-8-10-19(11-9-17)26-23(28)15-29-22-14-27(21-7-2-1-6-20(21)22)13-16-4-3-5-18(25)12-16/h1-12,14H,13,15H2,(H,26,28). The van der Waals surface area contributed by atoms with E-state index in [-0.39, 0.29) is 23.3 Å². The normalized spacial score (nSPS) is 11.0. The number of carbonyl (C=O) groups is 1. The van der Waals surface area contributed by atoms with Crippen molar-refractivity contribution in [3.8, 4) is 0 Å². The van der Waals surface area contributed by atoms with Gasteiger partial charge in [0.25, 0.3) is 0 Å². The number of rotatable bonds is 6. The number of carbonyl (C=O) groups excluding carboxylic acids is 1. The van der Waals surface area contributed by atoms with Gasteiger partial charge in [-0.15, -0.1) is 11.8 Å². The molecule has 0 aliphatic rings. The average molecular weight is 408 g/mol. The molecule has 0 radical (unpaired) electrons. The Hall–Kier alpha value is -3.12. The lowest BCUT2D eigenvalue weighted by Crippen LogP contribution is -2.13. The van der Waals surface area contributed by atoms with Gasteiger partial charge < -0.3 is 9.88 Å². The van der Waals surface area contributed by atoms with Crippen molar-refractivity contribution in [2.45, 2.75) is 11.4 Å². The van der Waals surface area contributed by atoms with Crippen LogP contribution in [0.3, 0.4) is 0 Å². The Morgan fingerprint density at radius 2 is 1.72 bits per heavy atom. The molecule has 6 heteroatoms. The molecule has 3 nitrogen and oxygen atoms in total. The van der Waals surface area contributed by atoms with E-state index in [4.69, 9.17) is 0 Å². The number of benzene rings is 3. The molecule has 4 rings (SSSR count). The lowest BCUT2D eigenvalue weighted by molar-refractivity contribution is -0.113. The molecule has 0 aliphatic carbocycles. The fourth-order valence-electron chi connectivity index (χ4n) is 3.16. The van der Waals surface area contributed by atoms with Gasteiger partial charge in [-0.2, -0.15) is 0 Å². The SMILES string of the molecule is O=C(CSc1cn(Cc2cccc(F)c2)c2ccccc12)Nc1ccc(F)cc1. The Morgan fingerprint density at radius 1 is 0.931 bits per heavy atom. The highest BCUT2D eigenvalue weighted by Gasteiger charge is 2.11. The van der Waals surface area contributed by atoms with E-state index in [1.165, 1.54) is 48.2 Å². The third kappa shape index (κ3) is 4.66. The van der Waals surface area contributed by atoms with E-state index in [0.717, 1.165) is 21.4 Å². The molecular formula is C23H18F2N2OS. The molecule has 0 aliphatic heterocycles. The second kappa shape index (κ2) is 8.49. The highest BCUT2D eigenvalue weighted by Crippen LogP contribution is 2.30. The summed E-state index contributed by atoms with van der Waals surface area (Å²) in [6.07, 6.45) is 1.99. The van der Waals surface area contributed by atoms with Crippen molar-refractivity contribution in [2.75, 3.05) is 11.1 Å². The first-order chi connectivity index (χ1) is 14.1. The number of thioether (sulfide) groups is 1. The minimum absolute atomic E-state index is 0.163. The maximum Gasteiger partial charge on any atom is 0.234 e. The van der Waals surface area contributed by atoms with E-state index in [0.29, 0.717) is 12.2 Å². The molecule has 1 amide bonds. The largest absolute Gasteiger partial charge is 0.342 e. The summed E-state index contributed by atoms with van der Waals surface area (Å²) < 4.78 is 28.6. The number of nitrogens with zero attached hydrogens (tertiary/aromatic N) is 1. The maximum absolute atomic E-state index is 13.5. The third-order valence-corrected chi connectivity index (χ3v) is 5.52. The Bertz CT molecular complexity index is 1160. The first-order valence-electron chi connectivity index (χ1n) is 9.09. The van der Waals surface area contributed by atoms with E-state index in [1.54, 1.807) is 6.07 Å². The van der Waals surface area contributed by atoms with Crippen LogP contribution in [0.4, 0.5) is 14.5 Å². The van der Waals surface area contributed by atoms with Crippen LogP contribution in [0.5, 0.6) is 0 Å². The quantitative estimate of drug-likeness (QED) is 0.415. The summed E-state index contributed by atoms with van der Waals surface area (Å²) >= 11 is 1.43. The second-order valence-corrected chi connectivity index (χ2v) is 7.63. The van der Waals surface area contributed by atoms with Crippen molar-refractivity contribution in [2.24, 2.45) is 0 Å². The van der Waals surface area contributed by atoms with Crippen molar-refractivity contribution in [1.82, 2.24) is 4.57 Å². The summed E-state index contributed by atoms with van der Waals surface area (Å²) in [5.41, 5.74) is 2.46. The van der Waals surface area contributed by atoms with Crippen LogP contribution in [-0.4, -0.2) is 16.2 Å². The maximum atomic E-state index is 13.5. The van der Waals surface area contributed by atoms with Gasteiger partial charge in [0.2, 0.25) is 5.91 Å². The fraction of sp³-hybridized carbons (Fsp3) is 0.0870. The van der Waals surface area contributed by atoms with E-state index >= 15 is 0 Å². The van der Waals surface area contributed by atoms with Gasteiger partial charge in [-0.25, -0.2) is 8.78 Å². The smallest absolute Gasteiger partial charge is 0.234 e. The molecule has 0 spiro atoms. The van der Waals surface area contributed by atoms with Crippen molar-refractivity contribution in [1.29, 1.82) is 0 Å². The lowest BCUT2D eigenvalue weighted by atomic mass is 10.2. The predicted molar refractivity (Wildman–Crippen MR) is 113 cm³/mol. The van der Waals surface area contributed by atoms with E-state index in [9.17, 15) is 13.6 Å². The first kappa shape index (κ1) is 19.2. The van der Waals surface area contributed by atoms with Crippen LogP contribution < -0.4 is 5.32 Å². The number of aromatic nitrogens is 1. The zero-order valence-electron chi connectivity index (χ0n) is 15.4. The van der Waals surface area contributed by atoms with E-state index < -0.39 is 0 Å². The van der Waals surface area contributed by atoms with Gasteiger partial charge in [-0.05, 0) is 48.0 Å². The van der Waals surface area contributed by atoms with Crippen LogP contribution in [0, 0.1) is 11.6 Å². The summed E-state index contributed by atoms with van der Waals surface area (Å²) in [4.78, 5) is 13.2. The summed E-state index contributed by atoms with van der Waals surface area (Å²) in [7, 11) is 0. The van der Waals surface area contributed by atoms with E-state index in [2.05, 4.69) is 9.88 Å². The summed E-state index contributed by atoms with van der Waals surface area (Å²) in [5.74, 6) is -0.538. The predicted octanol–water partition coefficient (Wildman–Crippen LogP) is 5.70. The van der Waals surface area contributed by atoms with Crippen LogP contribution in [0.2, 0.25) is 0 Å². The third-order valence-electron chi connectivity index (χ3n) is 4.48. The zero-order valence-corrected chi connectivity index (χ0v) is 16.3. The minimum Gasteiger partial charge on any atom is -0.342 e. The summed E-state index contributed by atoms with van der Waals surface area (Å²) in [6.45, 7) is 0.542. The molecule has 0 saturated heterocycles. The average Bonchev–Trinajstić information content (AvgIpc) is 3.06. The molecule has 1 N–H and O–H groups in total. The van der Waals surface area contributed by atoms with Crippen molar-refractivity contribution >= 4 is 34.3 Å². The molecule has 0 bridgehead atoms. The monoisotopic (exact) mass is 408 g/mol. The number of nitrogens with one attached hydrogen (secondary N) is 1. The lowest BCUT2D eigenvalue weighted by Gasteiger charge is -2.05. The van der Waals surface area contributed by atoms with Crippen molar-refractivity contribution in [3.63, 3.8) is 0 Å². The summed E-state index contributed by atoms with van der Waals surface area (Å²) in [6, 6.07) is 20.2. The Balaban J connectivity index is 1.50. The molecule has 0 saturated carbocycles. The van der Waals surface area contributed by atoms with Crippen LogP contribution in [0.25, 0.3) is 10.9 Å². The van der Waals surface area contributed by atoms with Gasteiger partial charge >= 0.3 is 0 Å². The topological polar surface area (TPSA) is 34.0 Å². The number of para-hydroxylation sites is 1. The van der Waals surface area contributed by atoms with E-state index in [1.807, 2.05) is 36.5 Å². The Labute approximate surface area is 171 Å². The van der Waals surface area contributed by atoms with Gasteiger partial charge in [0, 0.05) is 34.2 Å². The molecule has 0 atom stereocenters. The first-order valence-corrected chi connectivity index (χ1v) is 10.1. The van der Waals surface area contributed by atoms with Gasteiger partial charge in [0.1, 0.15) is 11.6 Å². The van der Waals surface area contributed by atoms with Gasteiger partial charge in [0.05, 0.1) is 5.75 Å². The second-order valence-electron chi connectivity index (χ2n) is 6.61. The van der Waals surface area contributed by atoms with Gasteiger partial charge in [0.15, 0.2) is 0 Å². The number of hydrogen-bond donors (Lipinski definition) is 1.